The zero-order chi connectivity index (χ0) is 20.7. The second-order valence-electron chi connectivity index (χ2n) is 5.84. The van der Waals surface area contributed by atoms with Crippen molar-refractivity contribution in [1.29, 1.82) is 0 Å². The molecule has 0 saturated carbocycles. The number of aliphatic carboxylic acids is 1. The zero-order valence-electron chi connectivity index (χ0n) is 14.3. The molecule has 1 rings (SSSR count). The standard InChI is InChI=1S/C14H22IN5O7/c1-5(22)18-10(11(9(23)4-21)27-14(26)20-15)7-2-6(12(24)25)3-8(7)19-13(16)17/h2,7-11,21,23H,3-4H2,1H3,(H,18,22)(H,20,26)(H,24,25)(H4,16,17,19)/t7-,8-,9+,10+,11+/m1/s1. The normalized spacial score (nSPS) is 22.0. The van der Waals surface area contributed by atoms with Crippen LogP contribution in [0.5, 0.6) is 0 Å². The van der Waals surface area contributed by atoms with E-state index >= 15 is 0 Å². The van der Waals surface area contributed by atoms with Crippen molar-refractivity contribution >= 4 is 46.8 Å². The number of nitrogens with one attached hydrogen (secondary N) is 2. The average Bonchev–Trinajstić information content (AvgIpc) is 2.99. The van der Waals surface area contributed by atoms with Crippen LogP contribution in [0.3, 0.4) is 0 Å². The minimum Gasteiger partial charge on any atom is -0.478 e. The van der Waals surface area contributed by atoms with Crippen LogP contribution in [0.25, 0.3) is 0 Å². The van der Waals surface area contributed by atoms with Crippen molar-refractivity contribution in [3.8, 4) is 0 Å². The molecule has 152 valence electrons. The third-order valence-corrected chi connectivity index (χ3v) is 4.32. The van der Waals surface area contributed by atoms with Crippen molar-refractivity contribution < 1.29 is 34.4 Å². The van der Waals surface area contributed by atoms with E-state index in [1.165, 1.54) is 35.9 Å². The lowest BCUT2D eigenvalue weighted by Crippen LogP contribution is -2.56. The first kappa shape index (κ1) is 22.9. The SMILES string of the molecule is CC(=O)N[C@@H]([C@@H]1C=C(C(=O)O)C[C@H]1N=C(N)N)[C@@H](OC(=O)NI)[C@@H](O)CO. The van der Waals surface area contributed by atoms with Crippen LogP contribution in [-0.2, 0) is 14.3 Å². The van der Waals surface area contributed by atoms with Crippen molar-refractivity contribution in [2.24, 2.45) is 22.4 Å². The fourth-order valence-corrected chi connectivity index (χ4v) is 3.00. The number of hydrogen-bond donors (Lipinski definition) is 7. The van der Waals surface area contributed by atoms with Gasteiger partial charge in [0.2, 0.25) is 5.91 Å². The quantitative estimate of drug-likeness (QED) is 0.0848. The lowest BCUT2D eigenvalue weighted by atomic mass is 9.88. The lowest BCUT2D eigenvalue weighted by molar-refractivity contribution is -0.132. The van der Waals surface area contributed by atoms with Gasteiger partial charge in [0.1, 0.15) is 6.10 Å². The Bertz CT molecular complexity index is 637. The van der Waals surface area contributed by atoms with E-state index in [0.717, 1.165) is 0 Å². The van der Waals surface area contributed by atoms with E-state index < -0.39 is 54.8 Å². The minimum absolute atomic E-state index is 0.000864. The van der Waals surface area contributed by atoms with Crippen LogP contribution in [-0.4, -0.2) is 70.1 Å². The molecule has 9 N–H and O–H groups in total. The first-order valence-electron chi connectivity index (χ1n) is 7.76. The Morgan fingerprint density at radius 3 is 2.52 bits per heavy atom. The highest BCUT2D eigenvalue weighted by atomic mass is 127. The van der Waals surface area contributed by atoms with Crippen LogP contribution in [0.15, 0.2) is 16.6 Å². The van der Waals surface area contributed by atoms with Gasteiger partial charge in [-0.2, -0.15) is 0 Å². The maximum Gasteiger partial charge on any atom is 0.416 e. The highest BCUT2D eigenvalue weighted by Gasteiger charge is 2.43. The Hall–Kier alpha value is -2.13. The number of aliphatic imine (C=N–C) groups is 1. The molecule has 0 aromatic rings. The molecule has 2 amide bonds. The number of carbonyl (C=O) groups is 3. The summed E-state index contributed by atoms with van der Waals surface area (Å²) in [7, 11) is 0. The molecule has 13 heteroatoms. The van der Waals surface area contributed by atoms with Crippen LogP contribution in [0, 0.1) is 5.92 Å². The Labute approximate surface area is 168 Å². The monoisotopic (exact) mass is 499 g/mol. The van der Waals surface area contributed by atoms with E-state index in [4.69, 9.17) is 16.2 Å². The highest BCUT2D eigenvalue weighted by molar-refractivity contribution is 14.1. The maximum absolute atomic E-state index is 11.7. The van der Waals surface area contributed by atoms with E-state index in [9.17, 15) is 29.7 Å². The summed E-state index contributed by atoms with van der Waals surface area (Å²) in [4.78, 5) is 38.7. The van der Waals surface area contributed by atoms with Gasteiger partial charge in [0.15, 0.2) is 12.1 Å². The molecule has 5 atom stereocenters. The Morgan fingerprint density at radius 1 is 1.44 bits per heavy atom. The summed E-state index contributed by atoms with van der Waals surface area (Å²) in [6.45, 7) is 0.421. The number of halogens is 1. The summed E-state index contributed by atoms with van der Waals surface area (Å²) < 4.78 is 7.28. The minimum atomic E-state index is -1.56. The van der Waals surface area contributed by atoms with Gasteiger partial charge in [-0.1, -0.05) is 6.08 Å². The molecule has 27 heavy (non-hydrogen) atoms. The molecule has 0 aromatic heterocycles. The molecule has 1 aliphatic carbocycles. The lowest BCUT2D eigenvalue weighted by Gasteiger charge is -2.34. The van der Waals surface area contributed by atoms with Crippen molar-refractivity contribution in [2.75, 3.05) is 6.61 Å². The van der Waals surface area contributed by atoms with Crippen molar-refractivity contribution in [2.45, 2.75) is 37.6 Å². The van der Waals surface area contributed by atoms with Crippen molar-refractivity contribution in [3.63, 3.8) is 0 Å². The van der Waals surface area contributed by atoms with Crippen LogP contribution >= 0.6 is 22.9 Å². The summed E-state index contributed by atoms with van der Waals surface area (Å²) in [6, 6.07) is -1.89. The largest absolute Gasteiger partial charge is 0.478 e. The number of aliphatic hydroxyl groups is 2. The summed E-state index contributed by atoms with van der Waals surface area (Å²) in [5, 5.41) is 31.2. The number of rotatable bonds is 8. The van der Waals surface area contributed by atoms with Gasteiger partial charge in [-0.25, -0.2) is 14.6 Å². The van der Waals surface area contributed by atoms with E-state index in [1.807, 2.05) is 0 Å². The Kier molecular flexibility index (Phi) is 8.71. The van der Waals surface area contributed by atoms with E-state index in [0.29, 0.717) is 0 Å². The van der Waals surface area contributed by atoms with Gasteiger partial charge in [0, 0.05) is 24.8 Å². The van der Waals surface area contributed by atoms with E-state index in [1.54, 1.807) is 0 Å². The maximum atomic E-state index is 11.7. The number of ether oxygens (including phenoxy) is 1. The van der Waals surface area contributed by atoms with Crippen molar-refractivity contribution in [1.82, 2.24) is 8.85 Å². The molecule has 0 bridgehead atoms. The number of carboxylic acids is 1. The highest BCUT2D eigenvalue weighted by Crippen LogP contribution is 2.33. The third kappa shape index (κ3) is 6.51. The molecule has 1 aliphatic rings. The number of carbonyl (C=O) groups excluding carboxylic acids is 2. The summed E-state index contributed by atoms with van der Waals surface area (Å²) in [6.07, 6.45) is -2.59. The molecule has 0 spiro atoms. The number of carboxylic acid groups (broad SMARTS) is 1. The van der Waals surface area contributed by atoms with Gasteiger partial charge in [-0.3, -0.25) is 8.32 Å². The number of hydrogen-bond acceptors (Lipinski definition) is 7. The van der Waals surface area contributed by atoms with Gasteiger partial charge in [-0.05, 0) is 0 Å². The summed E-state index contributed by atoms with van der Waals surface area (Å²) in [5.74, 6) is -2.85. The second kappa shape index (κ2) is 10.3. The number of nitrogens with two attached hydrogens (primary N) is 2. The summed E-state index contributed by atoms with van der Waals surface area (Å²) >= 11 is 1.51. The van der Waals surface area contributed by atoms with Crippen molar-refractivity contribution in [3.05, 3.63) is 11.6 Å². The number of aliphatic hydroxyl groups excluding tert-OH is 2. The fourth-order valence-electron chi connectivity index (χ4n) is 2.87. The molecule has 0 aromatic carbocycles. The molecular weight excluding hydrogens is 477 g/mol. The first-order valence-corrected chi connectivity index (χ1v) is 8.84. The molecule has 0 radical (unpaired) electrons. The Morgan fingerprint density at radius 2 is 2.07 bits per heavy atom. The third-order valence-electron chi connectivity index (χ3n) is 3.88. The van der Waals surface area contributed by atoms with Gasteiger partial charge in [0.25, 0.3) is 0 Å². The average molecular weight is 499 g/mol. The van der Waals surface area contributed by atoms with E-state index in [-0.39, 0.29) is 18.0 Å². The Balaban J connectivity index is 3.37. The van der Waals surface area contributed by atoms with Gasteiger partial charge in [-0.15, -0.1) is 0 Å². The first-order chi connectivity index (χ1) is 12.6. The van der Waals surface area contributed by atoms with E-state index in [2.05, 4.69) is 13.8 Å². The predicted octanol–water partition coefficient (Wildman–Crippen LogP) is -2.04. The molecule has 0 unspecified atom stereocenters. The number of amides is 2. The van der Waals surface area contributed by atoms with Crippen LogP contribution in [0.2, 0.25) is 0 Å². The van der Waals surface area contributed by atoms with Gasteiger partial charge < -0.3 is 36.8 Å². The topological polar surface area (TPSA) is 210 Å². The van der Waals surface area contributed by atoms with Gasteiger partial charge >= 0.3 is 12.1 Å². The molecule has 12 nitrogen and oxygen atoms in total. The fraction of sp³-hybridized carbons (Fsp3) is 0.571. The second-order valence-corrected chi connectivity index (χ2v) is 6.38. The molecule has 0 saturated heterocycles. The molecule has 0 fully saturated rings. The molecular formula is C14H22IN5O7. The van der Waals surface area contributed by atoms with Crippen LogP contribution in [0.1, 0.15) is 13.3 Å². The molecule has 0 heterocycles. The zero-order valence-corrected chi connectivity index (χ0v) is 16.5. The smallest absolute Gasteiger partial charge is 0.416 e. The summed E-state index contributed by atoms with van der Waals surface area (Å²) in [5.41, 5.74) is 10.8. The number of guanidine groups is 1. The molecule has 0 aliphatic heterocycles. The van der Waals surface area contributed by atoms with Crippen LogP contribution in [0.4, 0.5) is 4.79 Å². The van der Waals surface area contributed by atoms with Crippen LogP contribution < -0.4 is 20.3 Å². The predicted molar refractivity (Wildman–Crippen MR) is 102 cm³/mol. The number of nitrogens with zero attached hydrogens (tertiary/aromatic N) is 1. The van der Waals surface area contributed by atoms with Gasteiger partial charge in [0.05, 0.1) is 41.6 Å².